The molecule has 2 aromatic carbocycles. The minimum atomic E-state index is -2.08. The summed E-state index contributed by atoms with van der Waals surface area (Å²) in [6, 6.07) is 2.70. The van der Waals surface area contributed by atoms with Crippen LogP contribution in [0.1, 0.15) is 77.2 Å². The third kappa shape index (κ3) is 9.08. The topological polar surface area (TPSA) is 210 Å². The number of phenolic OH excluding ortho intramolecular Hbond substituents is 2. The smallest absolute Gasteiger partial charge is 0.312 e. The number of aliphatic hydroxyl groups is 1. The fraction of sp³-hybridized carbons (Fsp3) is 0.500. The average Bonchev–Trinajstić information content (AvgIpc) is 3.54. The van der Waals surface area contributed by atoms with Gasteiger partial charge in [0, 0.05) is 79.7 Å². The number of halogens is 1. The molecule has 1 aliphatic carbocycles. The van der Waals surface area contributed by atoms with E-state index in [1.54, 1.807) is 43.9 Å². The van der Waals surface area contributed by atoms with Crippen molar-refractivity contribution in [3.05, 3.63) is 69.6 Å². The minimum Gasteiger partial charge on any atom is -0.507 e. The number of allylic oxidation sites excluding steroid dienone is 3. The number of ether oxygens (including phenoxy) is 4. The zero-order chi connectivity index (χ0) is 49.0. The van der Waals surface area contributed by atoms with Gasteiger partial charge in [-0.3, -0.25) is 19.2 Å². The van der Waals surface area contributed by atoms with Crippen LogP contribution in [0.15, 0.2) is 57.5 Å². The Bertz CT molecular complexity index is 2730. The number of phenols is 2. The van der Waals surface area contributed by atoms with Crippen LogP contribution in [0, 0.1) is 30.6 Å². The zero-order valence-electron chi connectivity index (χ0n) is 39.8. The molecule has 4 aliphatic heterocycles. The maximum absolute atomic E-state index is 15.4. The summed E-state index contributed by atoms with van der Waals surface area (Å²) in [5.74, 6) is -6.78. The number of alkyl halides is 1. The number of aliphatic hydroxyl groups excluding tert-OH is 1. The molecule has 360 valence electrons. The number of anilines is 2. The van der Waals surface area contributed by atoms with E-state index in [0.717, 1.165) is 0 Å². The van der Waals surface area contributed by atoms with E-state index in [9.17, 15) is 34.5 Å². The van der Waals surface area contributed by atoms with E-state index in [1.165, 1.54) is 46.3 Å². The van der Waals surface area contributed by atoms with Gasteiger partial charge in [0.05, 0.1) is 36.0 Å². The molecule has 2 unspecified atom stereocenters. The van der Waals surface area contributed by atoms with Crippen LogP contribution in [0.5, 0.6) is 17.2 Å². The number of amides is 1. The Morgan fingerprint density at radius 3 is 2.43 bits per heavy atom. The van der Waals surface area contributed by atoms with Gasteiger partial charge in [0.2, 0.25) is 5.43 Å². The Morgan fingerprint density at radius 2 is 1.78 bits per heavy atom. The molecule has 0 spiro atoms. The van der Waals surface area contributed by atoms with Gasteiger partial charge in [0.1, 0.15) is 46.4 Å². The Kier molecular flexibility index (Phi) is 13.8. The number of fused-ring (bicyclic) bond motifs is 2. The van der Waals surface area contributed by atoms with Gasteiger partial charge in [-0.1, -0.05) is 45.9 Å². The summed E-state index contributed by atoms with van der Waals surface area (Å²) in [7, 11) is 5.11. The summed E-state index contributed by atoms with van der Waals surface area (Å²) in [6.07, 6.45) is 5.27. The third-order valence-corrected chi connectivity index (χ3v) is 13.7. The molecular formula is C50H61FN4O12. The van der Waals surface area contributed by atoms with Crippen molar-refractivity contribution in [3.8, 4) is 28.7 Å². The largest absolute Gasteiger partial charge is 0.507 e. The van der Waals surface area contributed by atoms with Crippen LogP contribution in [0.3, 0.4) is 0 Å². The Hall–Kier alpha value is -6.04. The average molecular weight is 929 g/mol. The highest BCUT2D eigenvalue weighted by Crippen LogP contribution is 2.51. The molecule has 0 aromatic heterocycles. The predicted octanol–water partition coefficient (Wildman–Crippen LogP) is 7.16. The van der Waals surface area contributed by atoms with E-state index in [0.29, 0.717) is 25.1 Å². The van der Waals surface area contributed by atoms with Crippen molar-refractivity contribution in [2.75, 3.05) is 44.5 Å². The lowest BCUT2D eigenvalue weighted by atomic mass is 9.79. The van der Waals surface area contributed by atoms with Crippen molar-refractivity contribution in [3.63, 3.8) is 0 Å². The summed E-state index contributed by atoms with van der Waals surface area (Å²) in [5, 5.41) is 37.1. The number of nitrogens with zero attached hydrogens (tertiary/aromatic N) is 3. The molecule has 5 aliphatic rings. The van der Waals surface area contributed by atoms with Gasteiger partial charge in [0.25, 0.3) is 11.7 Å². The van der Waals surface area contributed by atoms with Crippen LogP contribution in [-0.2, 0) is 23.8 Å². The Labute approximate surface area is 388 Å². The van der Waals surface area contributed by atoms with Gasteiger partial charge in [0.15, 0.2) is 11.3 Å². The lowest BCUT2D eigenvalue weighted by Crippen LogP contribution is -2.50. The number of hydrogen-bond donors (Lipinski definition) is 4. The number of methoxy groups -OCH3 is 1. The summed E-state index contributed by atoms with van der Waals surface area (Å²) < 4.78 is 45.8. The lowest BCUT2D eigenvalue weighted by molar-refractivity contribution is -0.159. The predicted molar refractivity (Wildman–Crippen MR) is 250 cm³/mol. The number of ketones is 1. The van der Waals surface area contributed by atoms with Gasteiger partial charge < -0.3 is 53.8 Å². The number of rotatable bonds is 4. The van der Waals surface area contributed by atoms with Crippen LogP contribution < -0.4 is 20.4 Å². The quantitative estimate of drug-likeness (QED) is 0.0909. The highest BCUT2D eigenvalue weighted by molar-refractivity contribution is 6.22. The van der Waals surface area contributed by atoms with Crippen LogP contribution in [0.25, 0.3) is 33.3 Å². The van der Waals surface area contributed by atoms with Crippen molar-refractivity contribution in [1.82, 2.24) is 9.88 Å². The van der Waals surface area contributed by atoms with Gasteiger partial charge in [-0.15, -0.1) is 0 Å². The number of nitrogens with one attached hydrogen (secondary N) is 1. The first-order valence-corrected chi connectivity index (χ1v) is 22.6. The van der Waals surface area contributed by atoms with E-state index in [-0.39, 0.29) is 85.9 Å². The molecule has 0 saturated carbocycles. The molecule has 1 amide bonds. The van der Waals surface area contributed by atoms with E-state index in [2.05, 4.69) is 5.32 Å². The number of esters is 1. The highest BCUT2D eigenvalue weighted by atomic mass is 19.1. The van der Waals surface area contributed by atoms with Crippen molar-refractivity contribution in [2.24, 2.45) is 23.7 Å². The zero-order valence-corrected chi connectivity index (χ0v) is 39.8. The molecule has 1 fully saturated rings. The van der Waals surface area contributed by atoms with E-state index >= 15 is 4.39 Å². The second-order valence-electron chi connectivity index (χ2n) is 18.8. The van der Waals surface area contributed by atoms with Crippen LogP contribution in [0.2, 0.25) is 0 Å². The number of Topliss-reactive ketones (excluding diaryl/α,β-unsaturated/α-hetero) is 1. The van der Waals surface area contributed by atoms with Gasteiger partial charge in [-0.2, -0.15) is 0 Å². The van der Waals surface area contributed by atoms with Gasteiger partial charge >= 0.3 is 11.8 Å². The number of aromatic hydroxyl groups is 2. The molecule has 4 bridgehead atoms. The molecule has 17 heteroatoms. The van der Waals surface area contributed by atoms with Crippen molar-refractivity contribution in [1.29, 1.82) is 0 Å². The van der Waals surface area contributed by atoms with E-state index in [4.69, 9.17) is 28.3 Å². The third-order valence-electron chi connectivity index (χ3n) is 13.7. The summed E-state index contributed by atoms with van der Waals surface area (Å²) in [4.78, 5) is 64.5. The minimum absolute atomic E-state index is 0.0142. The normalized spacial score (nSPS) is 30.6. The molecule has 2 aromatic rings. The molecule has 7 rings (SSSR count). The molecular weight excluding hydrogens is 868 g/mol. The van der Waals surface area contributed by atoms with Crippen LogP contribution in [-0.4, -0.2) is 113 Å². The molecule has 1 saturated heterocycles. The molecule has 67 heavy (non-hydrogen) atoms. The fourth-order valence-electron chi connectivity index (χ4n) is 9.83. The Balaban J connectivity index is 1.43. The summed E-state index contributed by atoms with van der Waals surface area (Å²) >= 11 is 0. The fourth-order valence-corrected chi connectivity index (χ4v) is 9.83. The van der Waals surface area contributed by atoms with E-state index < -0.39 is 76.6 Å². The maximum atomic E-state index is 15.4. The monoisotopic (exact) mass is 928 g/mol. The first-order chi connectivity index (χ1) is 31.6. The number of aromatic nitrogens is 1. The number of piperidine rings is 1. The summed E-state index contributed by atoms with van der Waals surface area (Å²) in [6.45, 7) is 13.6. The van der Waals surface area contributed by atoms with Crippen LogP contribution in [0.4, 0.5) is 15.8 Å². The number of carbonyl (C=O) groups excluding carboxylic acids is 3. The number of benzene rings is 3. The highest BCUT2D eigenvalue weighted by Gasteiger charge is 2.50. The molecule has 4 heterocycles. The first kappa shape index (κ1) is 48.9. The molecule has 4 N–H and O–H groups in total. The van der Waals surface area contributed by atoms with Crippen LogP contribution >= 0.6 is 0 Å². The van der Waals surface area contributed by atoms with Crippen molar-refractivity contribution >= 4 is 50.9 Å². The maximum Gasteiger partial charge on any atom is 0.312 e. The lowest BCUT2D eigenvalue weighted by Gasteiger charge is -2.39. The first-order valence-electron chi connectivity index (χ1n) is 22.6. The molecule has 16 nitrogen and oxygen atoms in total. The second kappa shape index (κ2) is 18.9. The molecule has 10 atom stereocenters. The van der Waals surface area contributed by atoms with Crippen molar-refractivity contribution < 1.29 is 57.5 Å². The van der Waals surface area contributed by atoms with E-state index in [1.807, 2.05) is 38.9 Å². The molecule has 0 radical (unpaired) electrons. The SMILES string of the molecule is CO[C@H]1/C=C/O[C@@]2(C)Oc3c(C)c(O)c4c(=O)c(c5oc6cc(N7CCC(N(C)C)C(F)C7)cc(O)c6nc-5c4c3C2=O)NC(=O)/C(C)=C\C=C\[C@H](C)C[C@@H](C)[C@@H](O)[C@@H](C)[C@H](OC(C)=O)[C@@H]1C. The van der Waals surface area contributed by atoms with Crippen molar-refractivity contribution in [2.45, 2.75) is 105 Å². The number of hydrogen-bond acceptors (Lipinski definition) is 15. The van der Waals surface area contributed by atoms with Gasteiger partial charge in [-0.05, 0) is 58.7 Å². The van der Waals surface area contributed by atoms with Gasteiger partial charge in [-0.25, -0.2) is 9.37 Å². The number of carbonyl (C=O) groups is 3. The second-order valence-corrected chi connectivity index (χ2v) is 18.8. The summed E-state index contributed by atoms with van der Waals surface area (Å²) in [5.41, 5.74) is -1.10. The Morgan fingerprint density at radius 1 is 1.06 bits per heavy atom. The standard InChI is InChI=1S/C50H61FN4O12/c1-23-13-12-14-24(2)49(62)53-41-44(60)37-36(40-47(41)66-35-21-30(20-33(57)39(35)52-40)55-17-15-32(54(9)10)31(51)22-55)38-46(28(6)43(37)59)67-50(8,48(38)61)64-18-16-34(63-11)26(4)45(65-29(7)56)27(5)42(58)25(3)19-23/h12-14,16,18,20-21,23,25-27,31-32,34,42,45,57-59H,15,17,19,22H2,1-11H3,(H,53,62)/b13-12+,18-16+,24-14-/t23-,25+,26+,27+,31?,32?,34-,42+,45+,50-/m0/s1.